The second-order valence-electron chi connectivity index (χ2n) is 4.39. The topological polar surface area (TPSA) is 33.8 Å². The van der Waals surface area contributed by atoms with E-state index >= 15 is 0 Å². The van der Waals surface area contributed by atoms with Gasteiger partial charge in [0.05, 0.1) is 17.4 Å². The SMILES string of the molecule is SCCCCC(S)NC1(OC(S)CCCCS)OS1.[Mo]. The van der Waals surface area contributed by atoms with Gasteiger partial charge in [-0.15, -0.1) is 12.6 Å². The molecule has 0 bridgehead atoms. The molecule has 0 aliphatic carbocycles. The van der Waals surface area contributed by atoms with Gasteiger partial charge in [0, 0.05) is 21.1 Å². The third kappa shape index (κ3) is 10.2. The molecular formula is C11H23MoNO2S5. The number of rotatable bonds is 12. The maximum atomic E-state index is 5.78. The van der Waals surface area contributed by atoms with E-state index in [4.69, 9.17) is 8.92 Å². The molecule has 1 aliphatic heterocycles. The van der Waals surface area contributed by atoms with Crippen LogP contribution in [-0.2, 0) is 30.0 Å². The van der Waals surface area contributed by atoms with E-state index in [0.29, 0.717) is 0 Å². The van der Waals surface area contributed by atoms with Gasteiger partial charge in [0.25, 0.3) is 0 Å². The molecule has 0 aromatic heterocycles. The van der Waals surface area contributed by atoms with E-state index in [1.54, 1.807) is 0 Å². The Hall–Kier alpha value is 2.32. The average molecular weight is 458 g/mol. The van der Waals surface area contributed by atoms with Crippen molar-refractivity contribution in [3.63, 3.8) is 0 Å². The molecular weight excluding hydrogens is 434 g/mol. The minimum atomic E-state index is -0.735. The van der Waals surface area contributed by atoms with Crippen LogP contribution in [0.25, 0.3) is 0 Å². The molecule has 0 spiro atoms. The van der Waals surface area contributed by atoms with Crippen LogP contribution in [0.5, 0.6) is 0 Å². The van der Waals surface area contributed by atoms with Gasteiger partial charge in [-0.3, -0.25) is 0 Å². The second kappa shape index (κ2) is 12.7. The van der Waals surface area contributed by atoms with Crippen molar-refractivity contribution in [3.05, 3.63) is 0 Å². The monoisotopic (exact) mass is 459 g/mol. The zero-order valence-electron chi connectivity index (χ0n) is 11.2. The van der Waals surface area contributed by atoms with Crippen molar-refractivity contribution < 1.29 is 30.0 Å². The first-order chi connectivity index (χ1) is 9.12. The summed E-state index contributed by atoms with van der Waals surface area (Å²) < 4.78 is 11.1. The molecule has 9 heteroatoms. The molecule has 0 aromatic rings. The smallest absolute Gasteiger partial charge is 0.312 e. The summed E-state index contributed by atoms with van der Waals surface area (Å²) in [5, 5.41) is 2.57. The van der Waals surface area contributed by atoms with E-state index in [9.17, 15) is 0 Å². The predicted molar refractivity (Wildman–Crippen MR) is 96.6 cm³/mol. The molecule has 3 unspecified atom stereocenters. The summed E-state index contributed by atoms with van der Waals surface area (Å²) in [6.45, 7) is 0. The zero-order valence-corrected chi connectivity index (χ0v) is 17.6. The van der Waals surface area contributed by atoms with Crippen LogP contribution in [0.15, 0.2) is 0 Å². The third-order valence-corrected chi connectivity index (χ3v) is 4.68. The quantitative estimate of drug-likeness (QED) is 0.0775. The van der Waals surface area contributed by atoms with Crippen LogP contribution >= 0.6 is 62.6 Å². The number of hydrogen-bond acceptors (Lipinski definition) is 8. The molecule has 1 N–H and O–H groups in total. The van der Waals surface area contributed by atoms with E-state index in [1.807, 2.05) is 0 Å². The van der Waals surface area contributed by atoms with Crippen LogP contribution in [0.3, 0.4) is 0 Å². The molecule has 3 nitrogen and oxygen atoms in total. The van der Waals surface area contributed by atoms with E-state index < -0.39 is 5.24 Å². The molecule has 1 aliphatic rings. The Morgan fingerprint density at radius 1 is 1.05 bits per heavy atom. The van der Waals surface area contributed by atoms with Crippen molar-refractivity contribution in [1.82, 2.24) is 5.32 Å². The molecule has 120 valence electrons. The predicted octanol–water partition coefficient (Wildman–Crippen LogP) is 3.59. The number of unbranched alkanes of at least 4 members (excludes halogenated alkanes) is 2. The van der Waals surface area contributed by atoms with Crippen molar-refractivity contribution in [1.29, 1.82) is 0 Å². The molecule has 3 atom stereocenters. The van der Waals surface area contributed by atoms with E-state index in [-0.39, 0.29) is 31.9 Å². The van der Waals surface area contributed by atoms with Gasteiger partial charge in [-0.2, -0.15) is 37.9 Å². The molecule has 1 heterocycles. The number of hydrogen-bond donors (Lipinski definition) is 5. The summed E-state index contributed by atoms with van der Waals surface area (Å²) in [5.74, 6) is 1.82. The number of nitrogens with one attached hydrogen (secondary N) is 1. The van der Waals surface area contributed by atoms with Crippen molar-refractivity contribution in [2.45, 2.75) is 54.6 Å². The summed E-state index contributed by atoms with van der Waals surface area (Å²) in [6, 6.07) is 0. The summed E-state index contributed by atoms with van der Waals surface area (Å²) in [4.78, 5) is 0. The normalized spacial score (nSPS) is 24.0. The Bertz CT molecular complexity index is 229. The molecule has 1 rings (SSSR count). The largest absolute Gasteiger partial charge is 0.319 e. The molecule has 1 fully saturated rings. The number of ether oxygens (including phenoxy) is 1. The van der Waals surface area contributed by atoms with Crippen LogP contribution in [0.2, 0.25) is 0 Å². The van der Waals surface area contributed by atoms with Crippen molar-refractivity contribution in [2.24, 2.45) is 0 Å². The summed E-state index contributed by atoms with van der Waals surface area (Å²) in [5.41, 5.74) is -0.125. The first kappa shape index (κ1) is 22.3. The summed E-state index contributed by atoms with van der Waals surface area (Å²) in [6.07, 6.45) is 6.20. The standard InChI is InChI=1S/C11H23NO2S5.Mo/c15-7-3-1-5-9(17)12-11(14-19-11)13-10(18)6-2-4-8-16;/h9-10,12,15-18H,1-8H2;. The molecule has 20 heavy (non-hydrogen) atoms. The van der Waals surface area contributed by atoms with E-state index in [1.165, 1.54) is 12.0 Å². The van der Waals surface area contributed by atoms with Gasteiger partial charge < -0.3 is 4.74 Å². The summed E-state index contributed by atoms with van der Waals surface area (Å²) in [7, 11) is 0. The number of thiol groups is 4. The van der Waals surface area contributed by atoms with E-state index in [2.05, 4.69) is 55.8 Å². The third-order valence-electron chi connectivity index (χ3n) is 2.61. The molecule has 1 saturated heterocycles. The molecule has 0 amide bonds. The first-order valence-corrected chi connectivity index (χ1v) is 9.56. The Labute approximate surface area is 163 Å². The van der Waals surface area contributed by atoms with Gasteiger partial charge in [0.2, 0.25) is 0 Å². The van der Waals surface area contributed by atoms with Crippen LogP contribution in [0, 0.1) is 0 Å². The van der Waals surface area contributed by atoms with Gasteiger partial charge in [-0.05, 0) is 43.6 Å². The van der Waals surface area contributed by atoms with Crippen LogP contribution in [0.4, 0.5) is 0 Å². The van der Waals surface area contributed by atoms with Gasteiger partial charge >= 0.3 is 5.24 Å². The Morgan fingerprint density at radius 2 is 1.60 bits per heavy atom. The van der Waals surface area contributed by atoms with E-state index in [0.717, 1.165) is 50.0 Å². The summed E-state index contributed by atoms with van der Waals surface area (Å²) >= 11 is 18.6. The van der Waals surface area contributed by atoms with Gasteiger partial charge in [0.1, 0.15) is 5.44 Å². The van der Waals surface area contributed by atoms with Crippen molar-refractivity contribution in [2.75, 3.05) is 11.5 Å². The van der Waals surface area contributed by atoms with Crippen molar-refractivity contribution in [3.8, 4) is 0 Å². The Balaban J connectivity index is 0.00000361. The first-order valence-electron chi connectivity index (χ1n) is 6.52. The van der Waals surface area contributed by atoms with Crippen LogP contribution < -0.4 is 5.32 Å². The van der Waals surface area contributed by atoms with Crippen LogP contribution in [-0.4, -0.2) is 27.6 Å². The second-order valence-corrected chi connectivity index (χ2v) is 7.36. The Morgan fingerprint density at radius 3 is 2.10 bits per heavy atom. The minimum absolute atomic E-state index is 0. The molecule has 0 aromatic carbocycles. The average Bonchev–Trinajstić information content (AvgIpc) is 3.09. The zero-order chi connectivity index (χ0) is 14.1. The fourth-order valence-electron chi connectivity index (χ4n) is 1.55. The van der Waals surface area contributed by atoms with Gasteiger partial charge in [-0.1, -0.05) is 6.42 Å². The fraction of sp³-hybridized carbons (Fsp3) is 1.00. The Kier molecular flexibility index (Phi) is 14.2. The van der Waals surface area contributed by atoms with Gasteiger partial charge in [-0.25, -0.2) is 9.50 Å². The fourth-order valence-corrected chi connectivity index (χ4v) is 3.35. The molecule has 0 saturated carbocycles. The van der Waals surface area contributed by atoms with Gasteiger partial charge in [0.15, 0.2) is 0 Å². The minimum Gasteiger partial charge on any atom is -0.312 e. The maximum Gasteiger partial charge on any atom is 0.319 e. The van der Waals surface area contributed by atoms with Crippen LogP contribution in [0.1, 0.15) is 38.5 Å². The maximum absolute atomic E-state index is 5.78. The molecule has 0 radical (unpaired) electrons. The van der Waals surface area contributed by atoms with Crippen molar-refractivity contribution >= 4 is 62.6 Å².